The summed E-state index contributed by atoms with van der Waals surface area (Å²) in [4.78, 5) is 12.3. The first-order valence-corrected chi connectivity index (χ1v) is 9.72. The van der Waals surface area contributed by atoms with E-state index in [4.69, 9.17) is 0 Å². The molecule has 5 nitrogen and oxygen atoms in total. The molecule has 1 heterocycles. The molecule has 0 aromatic heterocycles. The lowest BCUT2D eigenvalue weighted by atomic mass is 10.1. The highest BCUT2D eigenvalue weighted by Crippen LogP contribution is 2.25. The Bertz CT molecular complexity index is 664. The first-order valence-electron chi connectivity index (χ1n) is 8.28. The number of benzene rings is 1. The first kappa shape index (κ1) is 17.9. The average Bonchev–Trinajstić information content (AvgIpc) is 2.56. The molecule has 1 aromatic carbocycles. The largest absolute Gasteiger partial charge is 0.326 e. The van der Waals surface area contributed by atoms with Crippen LogP contribution in [0.2, 0.25) is 0 Å². The molecule has 0 radical (unpaired) electrons. The number of hydrogen-bond acceptors (Lipinski definition) is 3. The van der Waals surface area contributed by atoms with Crippen molar-refractivity contribution in [3.05, 3.63) is 23.8 Å². The summed E-state index contributed by atoms with van der Waals surface area (Å²) in [6.45, 7) is 6.83. The van der Waals surface area contributed by atoms with E-state index in [1.807, 2.05) is 20.8 Å². The lowest BCUT2D eigenvalue weighted by Gasteiger charge is -2.26. The number of hydrogen-bond donors (Lipinski definition) is 1. The van der Waals surface area contributed by atoms with Crippen molar-refractivity contribution in [1.82, 2.24) is 4.31 Å². The number of rotatable bonds is 5. The summed E-state index contributed by atoms with van der Waals surface area (Å²) >= 11 is 0. The minimum absolute atomic E-state index is 0.0804. The lowest BCUT2D eigenvalue weighted by Crippen LogP contribution is -2.35. The molecule has 0 bridgehead atoms. The normalized spacial score (nSPS) is 17.7. The second kappa shape index (κ2) is 7.45. The summed E-state index contributed by atoms with van der Waals surface area (Å²) in [5.41, 5.74) is 1.44. The quantitative estimate of drug-likeness (QED) is 0.897. The number of anilines is 1. The molecule has 6 heteroatoms. The van der Waals surface area contributed by atoms with Crippen molar-refractivity contribution < 1.29 is 13.2 Å². The van der Waals surface area contributed by atoms with Gasteiger partial charge in [0.25, 0.3) is 0 Å². The van der Waals surface area contributed by atoms with Crippen LogP contribution in [0.3, 0.4) is 0 Å². The number of aryl methyl sites for hydroxylation is 1. The Morgan fingerprint density at radius 1 is 1.26 bits per heavy atom. The van der Waals surface area contributed by atoms with E-state index in [0.717, 1.165) is 31.2 Å². The van der Waals surface area contributed by atoms with Gasteiger partial charge in [0.2, 0.25) is 15.9 Å². The van der Waals surface area contributed by atoms with Gasteiger partial charge in [0.1, 0.15) is 0 Å². The number of piperidine rings is 1. The maximum atomic E-state index is 12.7. The number of carbonyl (C=O) groups is 1. The first-order chi connectivity index (χ1) is 10.9. The zero-order valence-electron chi connectivity index (χ0n) is 14.1. The molecule has 23 heavy (non-hydrogen) atoms. The van der Waals surface area contributed by atoms with Crippen molar-refractivity contribution >= 4 is 21.6 Å². The molecule has 1 atom stereocenters. The molecule has 0 spiro atoms. The second-order valence-corrected chi connectivity index (χ2v) is 8.18. The number of carbonyl (C=O) groups excluding carboxylic acids is 1. The van der Waals surface area contributed by atoms with Gasteiger partial charge >= 0.3 is 0 Å². The van der Waals surface area contributed by atoms with Crippen LogP contribution in [-0.4, -0.2) is 31.7 Å². The van der Waals surface area contributed by atoms with Gasteiger partial charge < -0.3 is 5.32 Å². The molecule has 0 aliphatic carbocycles. The van der Waals surface area contributed by atoms with Crippen LogP contribution in [0.15, 0.2) is 23.1 Å². The Balaban J connectivity index is 2.27. The van der Waals surface area contributed by atoms with Crippen LogP contribution < -0.4 is 5.32 Å². The van der Waals surface area contributed by atoms with Gasteiger partial charge in [0.15, 0.2) is 0 Å². The van der Waals surface area contributed by atoms with Gasteiger partial charge in [-0.25, -0.2) is 8.42 Å². The summed E-state index contributed by atoms with van der Waals surface area (Å²) in [7, 11) is -3.48. The van der Waals surface area contributed by atoms with Gasteiger partial charge in [-0.3, -0.25) is 4.79 Å². The van der Waals surface area contributed by atoms with Crippen molar-refractivity contribution in [2.45, 2.75) is 51.3 Å². The molecule has 2 rings (SSSR count). The van der Waals surface area contributed by atoms with E-state index in [2.05, 4.69) is 5.32 Å². The molecule has 1 aliphatic heterocycles. The minimum Gasteiger partial charge on any atom is -0.326 e. The highest BCUT2D eigenvalue weighted by molar-refractivity contribution is 7.89. The van der Waals surface area contributed by atoms with Crippen LogP contribution in [-0.2, 0) is 14.8 Å². The molecule has 1 fully saturated rings. The summed E-state index contributed by atoms with van der Waals surface area (Å²) in [6, 6.07) is 4.96. The molecule has 1 N–H and O–H groups in total. The fourth-order valence-electron chi connectivity index (χ4n) is 2.59. The second-order valence-electron chi connectivity index (χ2n) is 6.24. The monoisotopic (exact) mass is 338 g/mol. The van der Waals surface area contributed by atoms with Crippen molar-refractivity contribution in [1.29, 1.82) is 0 Å². The van der Waals surface area contributed by atoms with Crippen molar-refractivity contribution in [2.24, 2.45) is 5.92 Å². The molecule has 0 saturated carbocycles. The van der Waals surface area contributed by atoms with Crippen LogP contribution in [0, 0.1) is 12.8 Å². The Hall–Kier alpha value is -1.40. The Morgan fingerprint density at radius 2 is 1.91 bits per heavy atom. The van der Waals surface area contributed by atoms with Gasteiger partial charge in [-0.2, -0.15) is 4.31 Å². The minimum atomic E-state index is -3.48. The Morgan fingerprint density at radius 3 is 2.52 bits per heavy atom. The molecule has 128 valence electrons. The van der Waals surface area contributed by atoms with E-state index in [0.29, 0.717) is 18.8 Å². The van der Waals surface area contributed by atoms with Crippen molar-refractivity contribution in [2.75, 3.05) is 18.4 Å². The van der Waals surface area contributed by atoms with Crippen LogP contribution in [0.25, 0.3) is 0 Å². The van der Waals surface area contributed by atoms with Gasteiger partial charge in [0, 0.05) is 24.7 Å². The van der Waals surface area contributed by atoms with E-state index in [1.165, 1.54) is 0 Å². The third-order valence-corrected chi connectivity index (χ3v) is 6.37. The highest BCUT2D eigenvalue weighted by atomic mass is 32.2. The topological polar surface area (TPSA) is 66.5 Å². The van der Waals surface area contributed by atoms with Crippen molar-refractivity contribution in [3.8, 4) is 0 Å². The fraction of sp³-hybridized carbons (Fsp3) is 0.588. The zero-order valence-corrected chi connectivity index (χ0v) is 14.9. The molecule has 1 aliphatic rings. The summed E-state index contributed by atoms with van der Waals surface area (Å²) in [5, 5.41) is 2.85. The molecule has 1 saturated heterocycles. The van der Waals surface area contributed by atoms with Gasteiger partial charge in [-0.1, -0.05) is 26.3 Å². The van der Waals surface area contributed by atoms with Gasteiger partial charge in [-0.15, -0.1) is 0 Å². The zero-order chi connectivity index (χ0) is 17.0. The standard InChI is InChI=1S/C17H26N2O3S/c1-4-13(2)17(20)18-16-12-15(9-8-14(16)3)23(21,22)19-10-6-5-7-11-19/h8-9,12-13H,4-7,10-11H2,1-3H3,(H,18,20)/t13-/m1/s1. The van der Waals surface area contributed by atoms with Crippen LogP contribution in [0.5, 0.6) is 0 Å². The van der Waals surface area contributed by atoms with Gasteiger partial charge in [-0.05, 0) is 43.9 Å². The van der Waals surface area contributed by atoms with E-state index in [9.17, 15) is 13.2 Å². The molecular formula is C17H26N2O3S. The van der Waals surface area contributed by atoms with E-state index < -0.39 is 10.0 Å². The number of sulfonamides is 1. The number of nitrogens with zero attached hydrogens (tertiary/aromatic N) is 1. The summed E-state index contributed by atoms with van der Waals surface area (Å²) in [6.07, 6.45) is 3.64. The van der Waals surface area contributed by atoms with Gasteiger partial charge in [0.05, 0.1) is 4.90 Å². The molecule has 0 unspecified atom stereocenters. The average molecular weight is 338 g/mol. The fourth-order valence-corrected chi connectivity index (χ4v) is 4.14. The number of nitrogens with one attached hydrogen (secondary N) is 1. The molecule has 1 amide bonds. The molecular weight excluding hydrogens is 312 g/mol. The van der Waals surface area contributed by atoms with Crippen molar-refractivity contribution in [3.63, 3.8) is 0 Å². The Kier molecular flexibility index (Phi) is 5.81. The molecule has 1 aromatic rings. The summed E-state index contributed by atoms with van der Waals surface area (Å²) < 4.78 is 27.0. The third kappa shape index (κ3) is 4.12. The SMILES string of the molecule is CC[C@@H](C)C(=O)Nc1cc(S(=O)(=O)N2CCCCC2)ccc1C. The van der Waals surface area contributed by atoms with E-state index >= 15 is 0 Å². The predicted molar refractivity (Wildman–Crippen MR) is 91.9 cm³/mol. The maximum absolute atomic E-state index is 12.7. The lowest BCUT2D eigenvalue weighted by molar-refractivity contribution is -0.119. The summed E-state index contributed by atoms with van der Waals surface area (Å²) in [5.74, 6) is -0.181. The maximum Gasteiger partial charge on any atom is 0.243 e. The van der Waals surface area contributed by atoms with Crippen LogP contribution >= 0.6 is 0 Å². The van der Waals surface area contributed by atoms with Crippen LogP contribution in [0.1, 0.15) is 45.1 Å². The Labute approximate surface area is 139 Å². The van der Waals surface area contributed by atoms with E-state index in [-0.39, 0.29) is 16.7 Å². The highest BCUT2D eigenvalue weighted by Gasteiger charge is 2.26. The van der Waals surface area contributed by atoms with Crippen LogP contribution in [0.4, 0.5) is 5.69 Å². The predicted octanol–water partition coefficient (Wildman–Crippen LogP) is 3.15. The van der Waals surface area contributed by atoms with E-state index in [1.54, 1.807) is 22.5 Å². The smallest absolute Gasteiger partial charge is 0.243 e. The third-order valence-electron chi connectivity index (χ3n) is 4.48. The number of amides is 1.